The van der Waals surface area contributed by atoms with Crippen LogP contribution in [0.15, 0.2) is 41.1 Å². The zero-order valence-corrected chi connectivity index (χ0v) is 10.8. The van der Waals surface area contributed by atoms with Gasteiger partial charge in [0.05, 0.1) is 10.9 Å². The largest absolute Gasteiger partial charge is 0.416 e. The molecule has 1 unspecified atom stereocenters. The summed E-state index contributed by atoms with van der Waals surface area (Å²) in [5.74, 6) is 0. The van der Waals surface area contributed by atoms with E-state index in [-0.39, 0.29) is 0 Å². The van der Waals surface area contributed by atoms with Crippen LogP contribution >= 0.6 is 22.9 Å². The average molecular weight is 291 g/mol. The van der Waals surface area contributed by atoms with Gasteiger partial charge in [-0.1, -0.05) is 18.2 Å². The molecule has 2 rings (SSSR count). The Kier molecular flexibility index (Phi) is 3.97. The monoisotopic (exact) mass is 290 g/mol. The number of alkyl halides is 4. The van der Waals surface area contributed by atoms with E-state index in [9.17, 15) is 13.2 Å². The summed E-state index contributed by atoms with van der Waals surface area (Å²) >= 11 is 7.70. The molecule has 18 heavy (non-hydrogen) atoms. The molecule has 0 fully saturated rings. The first-order chi connectivity index (χ1) is 8.47. The molecule has 1 aromatic heterocycles. The van der Waals surface area contributed by atoms with Gasteiger partial charge in [0, 0.05) is 0 Å². The van der Waals surface area contributed by atoms with Crippen LogP contribution in [0.3, 0.4) is 0 Å². The summed E-state index contributed by atoms with van der Waals surface area (Å²) < 4.78 is 37.7. The molecule has 5 heteroatoms. The van der Waals surface area contributed by atoms with Gasteiger partial charge in [0.25, 0.3) is 0 Å². The minimum Gasteiger partial charge on any atom is -0.166 e. The Morgan fingerprint density at radius 1 is 1.22 bits per heavy atom. The van der Waals surface area contributed by atoms with Crippen molar-refractivity contribution in [3.05, 3.63) is 57.8 Å². The van der Waals surface area contributed by atoms with Crippen LogP contribution in [0.2, 0.25) is 0 Å². The van der Waals surface area contributed by atoms with Crippen LogP contribution in [0.4, 0.5) is 13.2 Å². The van der Waals surface area contributed by atoms with E-state index in [1.165, 1.54) is 6.07 Å². The lowest BCUT2D eigenvalue weighted by molar-refractivity contribution is -0.137. The molecule has 0 aliphatic rings. The third-order valence-electron chi connectivity index (χ3n) is 2.57. The van der Waals surface area contributed by atoms with Crippen LogP contribution in [0.5, 0.6) is 0 Å². The first-order valence-electron chi connectivity index (χ1n) is 5.29. The maximum atomic E-state index is 12.6. The van der Waals surface area contributed by atoms with E-state index in [4.69, 9.17) is 11.6 Å². The van der Waals surface area contributed by atoms with Crippen molar-refractivity contribution in [3.8, 4) is 0 Å². The standard InChI is InChI=1S/C13H10ClF3S/c14-12(6-9-4-5-18-8-9)10-2-1-3-11(7-10)13(15,16)17/h1-5,7-8,12H,6H2. The van der Waals surface area contributed by atoms with Crippen LogP contribution in [0, 0.1) is 0 Å². The van der Waals surface area contributed by atoms with Crippen molar-refractivity contribution in [1.82, 2.24) is 0 Å². The van der Waals surface area contributed by atoms with E-state index in [0.717, 1.165) is 17.7 Å². The highest BCUT2D eigenvalue weighted by molar-refractivity contribution is 7.07. The maximum Gasteiger partial charge on any atom is 0.416 e. The maximum absolute atomic E-state index is 12.6. The van der Waals surface area contributed by atoms with Gasteiger partial charge < -0.3 is 0 Å². The summed E-state index contributed by atoms with van der Waals surface area (Å²) in [5.41, 5.74) is 0.881. The molecule has 0 radical (unpaired) electrons. The molecule has 0 spiro atoms. The molecule has 0 amide bonds. The molecule has 0 saturated heterocycles. The van der Waals surface area contributed by atoms with Crippen LogP contribution < -0.4 is 0 Å². The molecular weight excluding hydrogens is 281 g/mol. The van der Waals surface area contributed by atoms with Crippen molar-refractivity contribution in [2.24, 2.45) is 0 Å². The van der Waals surface area contributed by atoms with Crippen molar-refractivity contribution in [2.45, 2.75) is 18.0 Å². The van der Waals surface area contributed by atoms with E-state index >= 15 is 0 Å². The Hall–Kier alpha value is -1.00. The third kappa shape index (κ3) is 3.27. The van der Waals surface area contributed by atoms with Gasteiger partial charge in [-0.05, 0) is 40.4 Å². The Balaban J connectivity index is 2.18. The Bertz CT molecular complexity index is 505. The van der Waals surface area contributed by atoms with E-state index in [2.05, 4.69) is 0 Å². The predicted molar refractivity (Wildman–Crippen MR) is 68.1 cm³/mol. The molecule has 2 aromatic rings. The quantitative estimate of drug-likeness (QED) is 0.674. The second-order valence-electron chi connectivity index (χ2n) is 3.93. The van der Waals surface area contributed by atoms with Crippen LogP contribution in [-0.2, 0) is 12.6 Å². The minimum atomic E-state index is -4.32. The molecule has 0 nitrogen and oxygen atoms in total. The Labute approximate surface area is 112 Å². The van der Waals surface area contributed by atoms with Gasteiger partial charge in [-0.3, -0.25) is 0 Å². The van der Waals surface area contributed by atoms with Crippen LogP contribution in [0.25, 0.3) is 0 Å². The van der Waals surface area contributed by atoms with E-state index in [1.54, 1.807) is 17.4 Å². The number of thiophene rings is 1. The number of hydrogen-bond acceptors (Lipinski definition) is 1. The average Bonchev–Trinajstić information content (AvgIpc) is 2.81. The normalized spacial score (nSPS) is 13.6. The van der Waals surface area contributed by atoms with Crippen LogP contribution in [0.1, 0.15) is 22.1 Å². The molecule has 0 bridgehead atoms. The topological polar surface area (TPSA) is 0 Å². The number of hydrogen-bond donors (Lipinski definition) is 0. The van der Waals surface area contributed by atoms with Crippen molar-refractivity contribution in [2.75, 3.05) is 0 Å². The summed E-state index contributed by atoms with van der Waals surface area (Å²) in [5, 5.41) is 3.43. The van der Waals surface area contributed by atoms with Crippen molar-refractivity contribution < 1.29 is 13.2 Å². The van der Waals surface area contributed by atoms with E-state index < -0.39 is 17.1 Å². The Morgan fingerprint density at radius 3 is 2.61 bits per heavy atom. The highest BCUT2D eigenvalue weighted by atomic mass is 35.5. The van der Waals surface area contributed by atoms with Gasteiger partial charge in [-0.25, -0.2) is 0 Å². The zero-order valence-electron chi connectivity index (χ0n) is 9.25. The summed E-state index contributed by atoms with van der Waals surface area (Å²) in [7, 11) is 0. The first kappa shape index (κ1) is 13.4. The lowest BCUT2D eigenvalue weighted by atomic mass is 10.0. The number of rotatable bonds is 3. The summed E-state index contributed by atoms with van der Waals surface area (Å²) in [6.07, 6.45) is -3.79. The SMILES string of the molecule is FC(F)(F)c1cccc(C(Cl)Cc2ccsc2)c1. The van der Waals surface area contributed by atoms with Crippen LogP contribution in [-0.4, -0.2) is 0 Å². The molecule has 1 heterocycles. The minimum absolute atomic E-state index is 0.443. The highest BCUT2D eigenvalue weighted by Crippen LogP contribution is 2.33. The molecule has 0 aliphatic heterocycles. The smallest absolute Gasteiger partial charge is 0.166 e. The van der Waals surface area contributed by atoms with Gasteiger partial charge in [0.1, 0.15) is 0 Å². The van der Waals surface area contributed by atoms with Gasteiger partial charge in [0.2, 0.25) is 0 Å². The van der Waals surface area contributed by atoms with Crippen molar-refractivity contribution in [1.29, 1.82) is 0 Å². The molecule has 0 saturated carbocycles. The second-order valence-corrected chi connectivity index (χ2v) is 5.23. The predicted octanol–water partition coefficient (Wildman–Crippen LogP) is 5.29. The lowest BCUT2D eigenvalue weighted by Gasteiger charge is -2.12. The highest BCUT2D eigenvalue weighted by Gasteiger charge is 2.30. The van der Waals surface area contributed by atoms with E-state index in [1.807, 2.05) is 16.8 Å². The fraction of sp³-hybridized carbons (Fsp3) is 0.231. The number of benzene rings is 1. The second kappa shape index (κ2) is 5.33. The van der Waals surface area contributed by atoms with E-state index in [0.29, 0.717) is 12.0 Å². The zero-order chi connectivity index (χ0) is 13.2. The molecule has 0 aliphatic carbocycles. The Morgan fingerprint density at radius 2 is 2.00 bits per heavy atom. The van der Waals surface area contributed by atoms with Gasteiger partial charge in [-0.15, -0.1) is 11.6 Å². The number of halogens is 4. The summed E-state index contributed by atoms with van der Waals surface area (Å²) in [6, 6.07) is 7.11. The van der Waals surface area contributed by atoms with Gasteiger partial charge in [-0.2, -0.15) is 24.5 Å². The fourth-order valence-corrected chi connectivity index (χ4v) is 2.64. The molecular formula is C13H10ClF3S. The van der Waals surface area contributed by atoms with Crippen molar-refractivity contribution in [3.63, 3.8) is 0 Å². The third-order valence-corrected chi connectivity index (χ3v) is 3.71. The van der Waals surface area contributed by atoms with Crippen molar-refractivity contribution >= 4 is 22.9 Å². The fourth-order valence-electron chi connectivity index (χ4n) is 1.64. The summed E-state index contributed by atoms with van der Waals surface area (Å²) in [4.78, 5) is 0. The van der Waals surface area contributed by atoms with Gasteiger partial charge >= 0.3 is 6.18 Å². The summed E-state index contributed by atoms with van der Waals surface area (Å²) in [6.45, 7) is 0. The molecule has 1 aromatic carbocycles. The molecule has 0 N–H and O–H groups in total. The first-order valence-corrected chi connectivity index (χ1v) is 6.67. The lowest BCUT2D eigenvalue weighted by Crippen LogP contribution is -2.06. The van der Waals surface area contributed by atoms with Gasteiger partial charge in [0.15, 0.2) is 0 Å². The molecule has 1 atom stereocenters. The molecule has 96 valence electrons.